The van der Waals surface area contributed by atoms with Gasteiger partial charge in [-0.1, -0.05) is 61.9 Å². The smallest absolute Gasteiger partial charge is 0.346 e. The van der Waals surface area contributed by atoms with Gasteiger partial charge in [0.1, 0.15) is 23.6 Å². The Kier molecular flexibility index (Phi) is 8.78. The van der Waals surface area contributed by atoms with Crippen molar-refractivity contribution in [2.75, 3.05) is 0 Å². The zero-order valence-corrected chi connectivity index (χ0v) is 23.1. The van der Waals surface area contributed by atoms with Gasteiger partial charge in [0.2, 0.25) is 0 Å². The summed E-state index contributed by atoms with van der Waals surface area (Å²) in [4.78, 5) is 12.9. The molecule has 0 amide bonds. The molecule has 5 rings (SSSR count). The Morgan fingerprint density at radius 2 is 1.65 bits per heavy atom. The Hall–Kier alpha value is -3.73. The fourth-order valence-corrected chi connectivity index (χ4v) is 5.79. The van der Waals surface area contributed by atoms with Crippen LogP contribution in [0.3, 0.4) is 0 Å². The molecular weight excluding hydrogens is 506 g/mol. The zero-order valence-electron chi connectivity index (χ0n) is 23.1. The molecule has 1 fully saturated rings. The van der Waals surface area contributed by atoms with Crippen LogP contribution in [0.4, 0.5) is 8.78 Å². The van der Waals surface area contributed by atoms with Crippen molar-refractivity contribution in [2.45, 2.75) is 76.7 Å². The number of hydrogen-bond acceptors (Lipinski definition) is 3. The number of allylic oxidation sites excluding steroid dienone is 1. The normalized spacial score (nSPS) is 17.2. The quantitative estimate of drug-likeness (QED) is 0.188. The molecule has 1 aromatic heterocycles. The lowest BCUT2D eigenvalue weighted by molar-refractivity contribution is 0.291. The molecule has 40 heavy (non-hydrogen) atoms. The molecule has 0 aliphatic heterocycles. The molecule has 3 aromatic carbocycles. The molecule has 5 heteroatoms. The highest BCUT2D eigenvalue weighted by Gasteiger charge is 2.27. The molecule has 0 radical (unpaired) electrons. The predicted molar refractivity (Wildman–Crippen MR) is 156 cm³/mol. The van der Waals surface area contributed by atoms with Crippen LogP contribution in [0.15, 0.2) is 82.5 Å². The van der Waals surface area contributed by atoms with E-state index < -0.39 is 11.4 Å². The van der Waals surface area contributed by atoms with Crippen molar-refractivity contribution in [2.24, 2.45) is 0 Å². The summed E-state index contributed by atoms with van der Waals surface area (Å²) in [6.45, 7) is 6.06. The lowest BCUT2D eigenvalue weighted by Gasteiger charge is -2.28. The van der Waals surface area contributed by atoms with Gasteiger partial charge < -0.3 is 9.15 Å². The minimum atomic E-state index is -0.692. The number of aryl methyl sites for hydroxylation is 2. The molecule has 208 valence electrons. The monoisotopic (exact) mass is 542 g/mol. The maximum absolute atomic E-state index is 15.3. The number of benzene rings is 3. The maximum Gasteiger partial charge on any atom is 0.346 e. The molecule has 3 nitrogen and oxygen atoms in total. The molecular formula is C35H36F2O3. The lowest BCUT2D eigenvalue weighted by Crippen LogP contribution is -2.15. The maximum atomic E-state index is 15.3. The van der Waals surface area contributed by atoms with Gasteiger partial charge in [-0.05, 0) is 96.7 Å². The highest BCUT2D eigenvalue weighted by Crippen LogP contribution is 2.41. The molecule has 0 saturated heterocycles. The summed E-state index contributed by atoms with van der Waals surface area (Å²) in [7, 11) is 0. The third kappa shape index (κ3) is 6.19. The van der Waals surface area contributed by atoms with Crippen molar-refractivity contribution in [1.82, 2.24) is 0 Å². The third-order valence-corrected chi connectivity index (χ3v) is 8.10. The summed E-state index contributed by atoms with van der Waals surface area (Å²) >= 11 is 0. The van der Waals surface area contributed by atoms with Gasteiger partial charge >= 0.3 is 5.63 Å². The molecule has 4 aromatic rings. The van der Waals surface area contributed by atoms with Crippen LogP contribution >= 0.6 is 0 Å². The van der Waals surface area contributed by atoms with Crippen molar-refractivity contribution in [3.8, 4) is 5.75 Å². The molecule has 1 heterocycles. The summed E-state index contributed by atoms with van der Waals surface area (Å²) < 4.78 is 41.3. The first-order valence-corrected chi connectivity index (χ1v) is 14.3. The average molecular weight is 543 g/mol. The number of ether oxygens (including phenoxy) is 1. The summed E-state index contributed by atoms with van der Waals surface area (Å²) in [6.07, 6.45) is 8.69. The Morgan fingerprint density at radius 1 is 0.925 bits per heavy atom. The fraction of sp³-hybridized carbons (Fsp3) is 0.343. The molecule has 1 aliphatic carbocycles. The van der Waals surface area contributed by atoms with E-state index in [0.717, 1.165) is 61.6 Å². The van der Waals surface area contributed by atoms with E-state index in [1.54, 1.807) is 30.3 Å². The van der Waals surface area contributed by atoms with E-state index in [2.05, 4.69) is 25.6 Å². The topological polar surface area (TPSA) is 39.4 Å². The molecule has 0 spiro atoms. The van der Waals surface area contributed by atoms with E-state index in [9.17, 15) is 9.18 Å². The second kappa shape index (κ2) is 12.6. The van der Waals surface area contributed by atoms with E-state index in [1.165, 1.54) is 5.56 Å². The van der Waals surface area contributed by atoms with Gasteiger partial charge in [-0.3, -0.25) is 0 Å². The molecule has 0 bridgehead atoms. The van der Waals surface area contributed by atoms with E-state index in [4.69, 9.17) is 9.15 Å². The number of rotatable bonds is 10. The second-order valence-electron chi connectivity index (χ2n) is 10.9. The molecule has 1 aliphatic rings. The number of hydrogen-bond donors (Lipinski definition) is 0. The van der Waals surface area contributed by atoms with Crippen molar-refractivity contribution >= 4 is 10.8 Å². The van der Waals surface area contributed by atoms with Crippen LogP contribution in [-0.4, -0.2) is 0 Å². The van der Waals surface area contributed by atoms with Crippen LogP contribution < -0.4 is 10.4 Å². The molecule has 1 saturated carbocycles. The van der Waals surface area contributed by atoms with Crippen molar-refractivity contribution < 1.29 is 17.9 Å². The largest absolute Gasteiger partial charge is 0.486 e. The van der Waals surface area contributed by atoms with E-state index in [0.29, 0.717) is 17.6 Å². The van der Waals surface area contributed by atoms with Crippen molar-refractivity contribution in [3.05, 3.63) is 123 Å². The number of halogens is 2. The minimum absolute atomic E-state index is 0.0356. The SMILES string of the molecule is C=CCCc1ccc(C2CCC(c3cc4ccc(OCc5ccc(CCC)cc5)c(F)c4c(=O)o3)CC2)cc1F. The standard InChI is InChI=1S/C35H36F2O3/c1-3-5-7-26-14-17-28(20-30(26)36)25-12-15-27(16-13-25)32-21-29-18-19-31(34(37)33(29)35(38)40-32)39-22-24-10-8-23(6-4-2)9-11-24/h3,8-11,14,17-21,25,27H,1,4-7,12-13,15-16,22H2,2H3. The average Bonchev–Trinajstić information content (AvgIpc) is 2.97. The minimum Gasteiger partial charge on any atom is -0.486 e. The zero-order chi connectivity index (χ0) is 28.1. The van der Waals surface area contributed by atoms with Gasteiger partial charge in [0.05, 0.1) is 0 Å². The first-order chi connectivity index (χ1) is 19.5. The Labute approximate surface area is 234 Å². The Morgan fingerprint density at radius 3 is 2.35 bits per heavy atom. The molecule has 0 atom stereocenters. The summed E-state index contributed by atoms with van der Waals surface area (Å²) in [5, 5.41) is 0.430. The van der Waals surface area contributed by atoms with E-state index in [1.807, 2.05) is 24.3 Å². The van der Waals surface area contributed by atoms with E-state index in [-0.39, 0.29) is 35.4 Å². The van der Waals surface area contributed by atoms with Gasteiger partial charge in [0.25, 0.3) is 0 Å². The van der Waals surface area contributed by atoms with E-state index >= 15 is 4.39 Å². The van der Waals surface area contributed by atoms with Crippen LogP contribution in [0, 0.1) is 11.6 Å². The second-order valence-corrected chi connectivity index (χ2v) is 10.9. The summed E-state index contributed by atoms with van der Waals surface area (Å²) in [5.74, 6) is 0.113. The van der Waals surface area contributed by atoms with Crippen LogP contribution in [0.25, 0.3) is 10.8 Å². The molecule has 0 unspecified atom stereocenters. The molecule has 0 N–H and O–H groups in total. The van der Waals surface area contributed by atoms with Gasteiger partial charge in [-0.2, -0.15) is 0 Å². The summed E-state index contributed by atoms with van der Waals surface area (Å²) in [6, 6.07) is 18.8. The number of fused-ring (bicyclic) bond motifs is 1. The highest BCUT2D eigenvalue weighted by atomic mass is 19.1. The Bertz CT molecular complexity index is 1530. The van der Waals surface area contributed by atoms with Gasteiger partial charge in [0.15, 0.2) is 11.6 Å². The van der Waals surface area contributed by atoms with Crippen LogP contribution in [0.2, 0.25) is 0 Å². The summed E-state index contributed by atoms with van der Waals surface area (Å²) in [5.41, 5.74) is 3.25. The lowest BCUT2D eigenvalue weighted by atomic mass is 9.77. The third-order valence-electron chi connectivity index (χ3n) is 8.10. The van der Waals surface area contributed by atoms with Crippen LogP contribution in [0.1, 0.15) is 85.3 Å². The first kappa shape index (κ1) is 27.8. The first-order valence-electron chi connectivity index (χ1n) is 14.3. The van der Waals surface area contributed by atoms with Gasteiger partial charge in [0, 0.05) is 5.92 Å². The fourth-order valence-electron chi connectivity index (χ4n) is 5.79. The van der Waals surface area contributed by atoms with Crippen molar-refractivity contribution in [1.29, 1.82) is 0 Å². The van der Waals surface area contributed by atoms with Gasteiger partial charge in [-0.25, -0.2) is 13.6 Å². The van der Waals surface area contributed by atoms with Crippen LogP contribution in [-0.2, 0) is 19.4 Å². The predicted octanol–water partition coefficient (Wildman–Crippen LogP) is 9.16. The Balaban J connectivity index is 1.25. The van der Waals surface area contributed by atoms with Gasteiger partial charge in [-0.15, -0.1) is 6.58 Å². The van der Waals surface area contributed by atoms with Crippen LogP contribution in [0.5, 0.6) is 5.75 Å². The van der Waals surface area contributed by atoms with Crippen molar-refractivity contribution in [3.63, 3.8) is 0 Å². The highest BCUT2D eigenvalue weighted by molar-refractivity contribution is 5.83.